The average Bonchev–Trinajstić information content (AvgIpc) is 2.40. The van der Waals surface area contributed by atoms with E-state index in [9.17, 15) is 4.79 Å². The molecule has 5 nitrogen and oxygen atoms in total. The molecule has 0 aliphatic rings. The van der Waals surface area contributed by atoms with Gasteiger partial charge in [-0.05, 0) is 38.5 Å². The van der Waals surface area contributed by atoms with E-state index in [0.29, 0.717) is 5.75 Å². The van der Waals surface area contributed by atoms with Crippen LogP contribution in [-0.2, 0) is 12.1 Å². The Morgan fingerprint density at radius 1 is 1.35 bits per heavy atom. The molecule has 2 aromatic rings. The molecule has 106 valence electrons. The summed E-state index contributed by atoms with van der Waals surface area (Å²) in [5.74, 6) is 0.505. The summed E-state index contributed by atoms with van der Waals surface area (Å²) in [5.41, 5.74) is 0.0921. The molecule has 1 aromatic heterocycles. The first-order valence-corrected chi connectivity index (χ1v) is 6.37. The van der Waals surface area contributed by atoms with Gasteiger partial charge in [0.05, 0.1) is 6.61 Å². The van der Waals surface area contributed by atoms with E-state index in [2.05, 4.69) is 4.98 Å². The first-order valence-electron chi connectivity index (χ1n) is 6.37. The molecule has 2 rings (SSSR count). The minimum atomic E-state index is -0.342. The Balaban J connectivity index is 2.37. The van der Waals surface area contributed by atoms with Gasteiger partial charge in [-0.1, -0.05) is 12.1 Å². The SMILES string of the molecule is CC(C)(C)n1ccnc(Oc2cccc(CO)c2)c1=O. The number of aromatic nitrogens is 2. The van der Waals surface area contributed by atoms with Crippen LogP contribution in [0.15, 0.2) is 41.5 Å². The van der Waals surface area contributed by atoms with Crippen LogP contribution in [-0.4, -0.2) is 14.7 Å². The summed E-state index contributed by atoms with van der Waals surface area (Å²) in [6.45, 7) is 5.73. The fourth-order valence-electron chi connectivity index (χ4n) is 1.81. The van der Waals surface area contributed by atoms with E-state index in [1.54, 1.807) is 35.0 Å². The van der Waals surface area contributed by atoms with E-state index in [-0.39, 0.29) is 23.6 Å². The predicted molar refractivity (Wildman–Crippen MR) is 75.9 cm³/mol. The van der Waals surface area contributed by atoms with Crippen molar-refractivity contribution in [3.8, 4) is 11.6 Å². The molecular weight excluding hydrogens is 256 g/mol. The lowest BCUT2D eigenvalue weighted by molar-refractivity contribution is 0.281. The summed E-state index contributed by atoms with van der Waals surface area (Å²) < 4.78 is 7.11. The molecule has 1 N–H and O–H groups in total. The van der Waals surface area contributed by atoms with Gasteiger partial charge in [0.2, 0.25) is 0 Å². The number of benzene rings is 1. The van der Waals surface area contributed by atoms with Gasteiger partial charge in [-0.15, -0.1) is 0 Å². The highest BCUT2D eigenvalue weighted by Gasteiger charge is 2.17. The van der Waals surface area contributed by atoms with Crippen LogP contribution in [0.5, 0.6) is 11.6 Å². The minimum Gasteiger partial charge on any atom is -0.435 e. The van der Waals surface area contributed by atoms with Gasteiger partial charge >= 0.3 is 5.56 Å². The second kappa shape index (κ2) is 5.46. The molecule has 0 atom stereocenters. The molecule has 0 aliphatic heterocycles. The van der Waals surface area contributed by atoms with Crippen LogP contribution in [0.3, 0.4) is 0 Å². The molecule has 0 fully saturated rings. The molecule has 1 aromatic carbocycles. The summed E-state index contributed by atoms with van der Waals surface area (Å²) in [6.07, 6.45) is 3.18. The minimum absolute atomic E-state index is 0.0255. The molecular formula is C15H18N2O3. The van der Waals surface area contributed by atoms with E-state index in [1.807, 2.05) is 20.8 Å². The van der Waals surface area contributed by atoms with Gasteiger partial charge in [-0.3, -0.25) is 4.79 Å². The second-order valence-electron chi connectivity index (χ2n) is 5.49. The van der Waals surface area contributed by atoms with Crippen molar-refractivity contribution in [1.29, 1.82) is 0 Å². The van der Waals surface area contributed by atoms with E-state index in [1.165, 1.54) is 6.20 Å². The van der Waals surface area contributed by atoms with Crippen LogP contribution >= 0.6 is 0 Å². The highest BCUT2D eigenvalue weighted by molar-refractivity contribution is 5.30. The lowest BCUT2D eigenvalue weighted by atomic mass is 10.1. The van der Waals surface area contributed by atoms with Gasteiger partial charge in [0.1, 0.15) is 5.75 Å². The van der Waals surface area contributed by atoms with Gasteiger partial charge in [-0.2, -0.15) is 0 Å². The Labute approximate surface area is 117 Å². The van der Waals surface area contributed by atoms with Crippen LogP contribution in [0.1, 0.15) is 26.3 Å². The predicted octanol–water partition coefficient (Wildman–Crippen LogP) is 2.28. The first-order chi connectivity index (χ1) is 9.41. The largest absolute Gasteiger partial charge is 0.435 e. The third-order valence-corrected chi connectivity index (χ3v) is 2.83. The van der Waals surface area contributed by atoms with Gasteiger partial charge in [0.25, 0.3) is 5.88 Å². The fraction of sp³-hybridized carbons (Fsp3) is 0.333. The molecule has 0 saturated heterocycles. The van der Waals surface area contributed by atoms with Crippen molar-refractivity contribution in [3.63, 3.8) is 0 Å². The Hall–Kier alpha value is -2.14. The molecule has 0 amide bonds. The molecule has 20 heavy (non-hydrogen) atoms. The number of ether oxygens (including phenoxy) is 1. The Bertz CT molecular complexity index is 657. The topological polar surface area (TPSA) is 64.3 Å². The Kier molecular flexibility index (Phi) is 3.90. The lowest BCUT2D eigenvalue weighted by Gasteiger charge is -2.22. The standard InChI is InChI=1S/C15H18N2O3/c1-15(2,3)17-8-7-16-13(14(17)19)20-12-6-4-5-11(9-12)10-18/h4-9,18H,10H2,1-3H3. The molecule has 0 spiro atoms. The summed E-state index contributed by atoms with van der Waals surface area (Å²) in [5, 5.41) is 9.10. The Morgan fingerprint density at radius 3 is 2.75 bits per heavy atom. The zero-order valence-electron chi connectivity index (χ0n) is 11.8. The number of hydrogen-bond acceptors (Lipinski definition) is 4. The number of aliphatic hydroxyl groups excluding tert-OH is 1. The molecule has 0 radical (unpaired) electrons. The zero-order chi connectivity index (χ0) is 14.8. The van der Waals surface area contributed by atoms with E-state index in [0.717, 1.165) is 5.56 Å². The molecule has 5 heteroatoms. The van der Waals surface area contributed by atoms with Gasteiger partial charge < -0.3 is 14.4 Å². The molecule has 1 heterocycles. The Morgan fingerprint density at radius 2 is 2.10 bits per heavy atom. The van der Waals surface area contributed by atoms with E-state index >= 15 is 0 Å². The third-order valence-electron chi connectivity index (χ3n) is 2.83. The second-order valence-corrected chi connectivity index (χ2v) is 5.49. The normalized spacial score (nSPS) is 11.4. The number of aliphatic hydroxyl groups is 1. The van der Waals surface area contributed by atoms with Crippen molar-refractivity contribution in [2.45, 2.75) is 32.9 Å². The van der Waals surface area contributed by atoms with Crippen molar-refractivity contribution in [2.24, 2.45) is 0 Å². The molecule has 0 unspecified atom stereocenters. The monoisotopic (exact) mass is 274 g/mol. The maximum Gasteiger partial charge on any atom is 0.314 e. The maximum atomic E-state index is 12.3. The first kappa shape index (κ1) is 14.3. The highest BCUT2D eigenvalue weighted by Crippen LogP contribution is 2.19. The summed E-state index contributed by atoms with van der Waals surface area (Å²) in [4.78, 5) is 16.3. The van der Waals surface area contributed by atoms with Crippen molar-refractivity contribution >= 4 is 0 Å². The van der Waals surface area contributed by atoms with E-state index in [4.69, 9.17) is 9.84 Å². The van der Waals surface area contributed by atoms with Crippen molar-refractivity contribution < 1.29 is 9.84 Å². The van der Waals surface area contributed by atoms with Crippen molar-refractivity contribution in [3.05, 3.63) is 52.6 Å². The van der Waals surface area contributed by atoms with Crippen LogP contribution in [0.2, 0.25) is 0 Å². The molecule has 0 saturated carbocycles. The number of hydrogen-bond donors (Lipinski definition) is 1. The maximum absolute atomic E-state index is 12.3. The third kappa shape index (κ3) is 3.05. The zero-order valence-corrected chi connectivity index (χ0v) is 11.8. The van der Waals surface area contributed by atoms with Gasteiger partial charge in [0, 0.05) is 17.9 Å². The smallest absolute Gasteiger partial charge is 0.314 e. The van der Waals surface area contributed by atoms with Gasteiger partial charge in [0.15, 0.2) is 0 Å². The average molecular weight is 274 g/mol. The number of nitrogens with zero attached hydrogens (tertiary/aromatic N) is 2. The number of rotatable bonds is 3. The molecule has 0 aliphatic carbocycles. The molecule has 0 bridgehead atoms. The van der Waals surface area contributed by atoms with Crippen molar-refractivity contribution in [2.75, 3.05) is 0 Å². The quantitative estimate of drug-likeness (QED) is 0.932. The van der Waals surface area contributed by atoms with Crippen LogP contribution < -0.4 is 10.3 Å². The summed E-state index contributed by atoms with van der Waals surface area (Å²) in [6, 6.07) is 6.93. The fourth-order valence-corrected chi connectivity index (χ4v) is 1.81. The van der Waals surface area contributed by atoms with Crippen LogP contribution in [0.4, 0.5) is 0 Å². The summed E-state index contributed by atoms with van der Waals surface area (Å²) in [7, 11) is 0. The van der Waals surface area contributed by atoms with Gasteiger partial charge in [-0.25, -0.2) is 4.98 Å². The lowest BCUT2D eigenvalue weighted by Crippen LogP contribution is -2.34. The summed E-state index contributed by atoms with van der Waals surface area (Å²) >= 11 is 0. The highest BCUT2D eigenvalue weighted by atomic mass is 16.5. The van der Waals surface area contributed by atoms with Crippen LogP contribution in [0, 0.1) is 0 Å². The van der Waals surface area contributed by atoms with E-state index < -0.39 is 0 Å². The van der Waals surface area contributed by atoms with Crippen LogP contribution in [0.25, 0.3) is 0 Å². The van der Waals surface area contributed by atoms with Crippen molar-refractivity contribution in [1.82, 2.24) is 9.55 Å².